The largest absolute Gasteiger partial charge is 0.309 e. The fraction of sp³-hybridized carbons (Fsp3) is 0.333. The predicted octanol–water partition coefficient (Wildman–Crippen LogP) is 2.65. The lowest BCUT2D eigenvalue weighted by Gasteiger charge is -2.05. The first kappa shape index (κ1) is 10.0. The second kappa shape index (κ2) is 5.55. The Hall–Kier alpha value is -1.08. The van der Waals surface area contributed by atoms with Crippen molar-refractivity contribution in [2.24, 2.45) is 0 Å². The summed E-state index contributed by atoms with van der Waals surface area (Å²) in [5, 5.41) is 0. The summed E-state index contributed by atoms with van der Waals surface area (Å²) in [5.74, 6) is 0. The van der Waals surface area contributed by atoms with Crippen molar-refractivity contribution in [3.05, 3.63) is 42.0 Å². The van der Waals surface area contributed by atoms with Gasteiger partial charge in [0, 0.05) is 6.54 Å². The molecule has 0 saturated heterocycles. The van der Waals surface area contributed by atoms with Gasteiger partial charge in [-0.05, 0) is 26.1 Å². The second-order valence-electron chi connectivity index (χ2n) is 3.41. The van der Waals surface area contributed by atoms with Crippen molar-refractivity contribution in [2.75, 3.05) is 20.6 Å². The van der Waals surface area contributed by atoms with Gasteiger partial charge in [0.2, 0.25) is 0 Å². The molecule has 0 bridgehead atoms. The average molecular weight is 175 g/mol. The Kier molecular flexibility index (Phi) is 4.27. The number of nitrogens with zero attached hydrogens (tertiary/aromatic N) is 1. The lowest BCUT2D eigenvalue weighted by molar-refractivity contribution is 0.417. The first-order chi connectivity index (χ1) is 6.29. The van der Waals surface area contributed by atoms with Gasteiger partial charge in [0.05, 0.1) is 0 Å². The second-order valence-corrected chi connectivity index (χ2v) is 3.41. The van der Waals surface area contributed by atoms with E-state index in [9.17, 15) is 0 Å². The highest BCUT2D eigenvalue weighted by Crippen LogP contribution is 2.01. The monoisotopic (exact) mass is 175 g/mol. The van der Waals surface area contributed by atoms with E-state index in [1.807, 2.05) is 6.07 Å². The van der Waals surface area contributed by atoms with Crippen molar-refractivity contribution in [1.29, 1.82) is 0 Å². The van der Waals surface area contributed by atoms with Crippen LogP contribution < -0.4 is 0 Å². The zero-order chi connectivity index (χ0) is 9.52. The van der Waals surface area contributed by atoms with Gasteiger partial charge in [-0.15, -0.1) is 0 Å². The van der Waals surface area contributed by atoms with Crippen molar-refractivity contribution >= 4 is 6.08 Å². The Balaban J connectivity index is 2.33. The number of benzene rings is 1. The summed E-state index contributed by atoms with van der Waals surface area (Å²) in [7, 11) is 4.19. The molecule has 0 heterocycles. The Morgan fingerprint density at radius 2 is 1.85 bits per heavy atom. The molecule has 1 heteroatoms. The van der Waals surface area contributed by atoms with Crippen LogP contribution in [0, 0.1) is 0 Å². The Morgan fingerprint density at radius 1 is 1.15 bits per heavy atom. The van der Waals surface area contributed by atoms with Gasteiger partial charge in [0.25, 0.3) is 0 Å². The maximum atomic E-state index is 2.22. The van der Waals surface area contributed by atoms with Crippen molar-refractivity contribution in [3.8, 4) is 0 Å². The normalized spacial score (nSPS) is 11.3. The number of hydrogen-bond donors (Lipinski definition) is 0. The molecular weight excluding hydrogens is 158 g/mol. The topological polar surface area (TPSA) is 3.24 Å². The van der Waals surface area contributed by atoms with E-state index in [0.717, 1.165) is 13.0 Å². The molecule has 0 amide bonds. The summed E-state index contributed by atoms with van der Waals surface area (Å²) in [6.45, 7) is 1.11. The van der Waals surface area contributed by atoms with Crippen LogP contribution in [0.1, 0.15) is 12.0 Å². The molecule has 1 aromatic rings. The molecule has 0 unspecified atom stereocenters. The summed E-state index contributed by atoms with van der Waals surface area (Å²) < 4.78 is 0. The van der Waals surface area contributed by atoms with Gasteiger partial charge in [-0.2, -0.15) is 0 Å². The Morgan fingerprint density at radius 3 is 2.46 bits per heavy atom. The van der Waals surface area contributed by atoms with Crippen molar-refractivity contribution in [1.82, 2.24) is 4.90 Å². The minimum Gasteiger partial charge on any atom is -0.309 e. The summed E-state index contributed by atoms with van der Waals surface area (Å²) in [6.07, 6.45) is 5.50. The van der Waals surface area contributed by atoms with E-state index in [0.29, 0.717) is 0 Å². The lowest BCUT2D eigenvalue weighted by atomic mass is 10.2. The van der Waals surface area contributed by atoms with Crippen LogP contribution in [0.5, 0.6) is 0 Å². The molecule has 0 radical (unpaired) electrons. The summed E-state index contributed by atoms with van der Waals surface area (Å²) in [4.78, 5) is 2.19. The summed E-state index contributed by atoms with van der Waals surface area (Å²) in [6, 6.07) is 10.4. The molecule has 1 aromatic carbocycles. The predicted molar refractivity (Wildman–Crippen MR) is 58.6 cm³/mol. The maximum absolute atomic E-state index is 2.22. The first-order valence-corrected chi connectivity index (χ1v) is 4.65. The Labute approximate surface area is 80.7 Å². The first-order valence-electron chi connectivity index (χ1n) is 4.65. The van der Waals surface area contributed by atoms with Crippen LogP contribution in [0.4, 0.5) is 0 Å². The fourth-order valence-electron chi connectivity index (χ4n) is 1.12. The van der Waals surface area contributed by atoms with E-state index in [2.05, 4.69) is 55.4 Å². The molecule has 0 fully saturated rings. The van der Waals surface area contributed by atoms with E-state index >= 15 is 0 Å². The summed E-state index contributed by atoms with van der Waals surface area (Å²) >= 11 is 0. The minimum absolute atomic E-state index is 1.11. The van der Waals surface area contributed by atoms with Gasteiger partial charge in [0.15, 0.2) is 0 Å². The molecule has 0 saturated carbocycles. The zero-order valence-electron chi connectivity index (χ0n) is 8.40. The molecule has 0 atom stereocenters. The maximum Gasteiger partial charge on any atom is 0.000992 e. The van der Waals surface area contributed by atoms with Gasteiger partial charge < -0.3 is 4.90 Å². The molecule has 13 heavy (non-hydrogen) atoms. The third-order valence-corrected chi connectivity index (χ3v) is 1.85. The molecule has 0 aliphatic heterocycles. The van der Waals surface area contributed by atoms with Crippen LogP contribution >= 0.6 is 0 Å². The molecule has 1 nitrogen and oxygen atoms in total. The van der Waals surface area contributed by atoms with Crippen LogP contribution in [-0.4, -0.2) is 25.5 Å². The third-order valence-electron chi connectivity index (χ3n) is 1.85. The average Bonchev–Trinajstić information content (AvgIpc) is 2.14. The minimum atomic E-state index is 1.11. The van der Waals surface area contributed by atoms with Gasteiger partial charge >= 0.3 is 0 Å². The fourth-order valence-corrected chi connectivity index (χ4v) is 1.12. The lowest BCUT2D eigenvalue weighted by Crippen LogP contribution is -2.11. The molecule has 0 aliphatic rings. The molecule has 0 spiro atoms. The van der Waals surface area contributed by atoms with Crippen LogP contribution in [0.2, 0.25) is 0 Å². The highest BCUT2D eigenvalue weighted by molar-refractivity contribution is 5.48. The highest BCUT2D eigenvalue weighted by Gasteiger charge is 1.85. The quantitative estimate of drug-likeness (QED) is 0.680. The van der Waals surface area contributed by atoms with E-state index in [-0.39, 0.29) is 0 Å². The van der Waals surface area contributed by atoms with Crippen molar-refractivity contribution in [2.45, 2.75) is 6.42 Å². The van der Waals surface area contributed by atoms with E-state index in [1.165, 1.54) is 5.56 Å². The Bertz CT molecular complexity index is 249. The molecular formula is C12H17N. The van der Waals surface area contributed by atoms with E-state index in [1.54, 1.807) is 0 Å². The van der Waals surface area contributed by atoms with Gasteiger partial charge in [-0.25, -0.2) is 0 Å². The summed E-state index contributed by atoms with van der Waals surface area (Å²) in [5.41, 5.74) is 1.28. The third kappa shape index (κ3) is 4.48. The van der Waals surface area contributed by atoms with Crippen LogP contribution in [0.3, 0.4) is 0 Å². The standard InChI is InChI=1S/C12H17N/c1-13(2)11-7-6-10-12-8-4-3-5-9-12/h3-6,8-10H,7,11H2,1-2H3. The molecule has 0 N–H and O–H groups in total. The van der Waals surface area contributed by atoms with E-state index in [4.69, 9.17) is 0 Å². The van der Waals surface area contributed by atoms with Crippen molar-refractivity contribution < 1.29 is 0 Å². The van der Waals surface area contributed by atoms with Crippen LogP contribution in [0.25, 0.3) is 6.08 Å². The SMILES string of the molecule is CN(C)CCC=Cc1ccccc1. The highest BCUT2D eigenvalue weighted by atomic mass is 15.0. The van der Waals surface area contributed by atoms with Gasteiger partial charge in [-0.3, -0.25) is 0 Å². The molecule has 0 aromatic heterocycles. The smallest absolute Gasteiger partial charge is 0.000992 e. The van der Waals surface area contributed by atoms with Crippen LogP contribution in [0.15, 0.2) is 36.4 Å². The molecule has 1 rings (SSSR count). The van der Waals surface area contributed by atoms with Gasteiger partial charge in [-0.1, -0.05) is 42.5 Å². The molecule has 70 valence electrons. The van der Waals surface area contributed by atoms with Crippen LogP contribution in [-0.2, 0) is 0 Å². The number of rotatable bonds is 4. The van der Waals surface area contributed by atoms with Crippen molar-refractivity contribution in [3.63, 3.8) is 0 Å². The van der Waals surface area contributed by atoms with Gasteiger partial charge in [0.1, 0.15) is 0 Å². The molecule has 0 aliphatic carbocycles. The number of hydrogen-bond acceptors (Lipinski definition) is 1. The zero-order valence-corrected chi connectivity index (χ0v) is 8.40. The van der Waals surface area contributed by atoms with E-state index < -0.39 is 0 Å².